The number of likely N-dealkylation sites (N-methyl/N-ethyl adjacent to an activating group) is 1. The largest absolute Gasteiger partial charge is 0.495 e. The van der Waals surface area contributed by atoms with E-state index in [1.165, 1.54) is 4.90 Å². The van der Waals surface area contributed by atoms with Crippen molar-refractivity contribution in [3.63, 3.8) is 0 Å². The van der Waals surface area contributed by atoms with Gasteiger partial charge in [0, 0.05) is 31.7 Å². The molecule has 2 aromatic rings. The zero-order valence-electron chi connectivity index (χ0n) is 19.5. The number of nitrogens with zero attached hydrogens (tertiary/aromatic N) is 3. The number of carbonyl (C=O) groups is 1. The molecule has 184 valence electrons. The van der Waals surface area contributed by atoms with Crippen molar-refractivity contribution in [3.8, 4) is 5.75 Å². The molecular formula is C24H28F4N4O2. The Bertz CT molecular complexity index is 1080. The average molecular weight is 481 g/mol. The van der Waals surface area contributed by atoms with Gasteiger partial charge in [-0.3, -0.25) is 9.80 Å². The summed E-state index contributed by atoms with van der Waals surface area (Å²) in [5.41, 5.74) is 0.439. The van der Waals surface area contributed by atoms with Gasteiger partial charge in [0.2, 0.25) is 0 Å². The van der Waals surface area contributed by atoms with Crippen molar-refractivity contribution in [1.82, 2.24) is 4.90 Å². The molecule has 0 bridgehead atoms. The highest BCUT2D eigenvalue weighted by atomic mass is 19.4. The fraction of sp³-hybridized carbons (Fsp3) is 0.458. The fourth-order valence-corrected chi connectivity index (χ4v) is 4.66. The van der Waals surface area contributed by atoms with E-state index in [4.69, 9.17) is 4.74 Å². The van der Waals surface area contributed by atoms with Crippen molar-refractivity contribution in [2.24, 2.45) is 0 Å². The molecule has 2 aromatic carbocycles. The number of methoxy groups -OCH3 is 1. The standard InChI is InChI=1S/C24H28F4N4O2/c1-14-12-31(13-15(2)30(14)3)20-11-19-16(10-21(20)34-4)8-9-32(19)23(33)29-18-7-5-6-17(22(18)25)24(26,27)28/h5-7,10-11,14-15H,8-9,12-13H2,1-4H3,(H,29,33). The van der Waals surface area contributed by atoms with Gasteiger partial charge in [-0.25, -0.2) is 9.18 Å². The molecule has 2 amide bonds. The molecule has 2 aliphatic heterocycles. The number of fused-ring (bicyclic) bond motifs is 1. The van der Waals surface area contributed by atoms with Gasteiger partial charge in [0.1, 0.15) is 5.75 Å². The molecule has 2 aliphatic rings. The molecule has 0 radical (unpaired) electrons. The van der Waals surface area contributed by atoms with E-state index in [0.29, 0.717) is 42.6 Å². The quantitative estimate of drug-likeness (QED) is 0.630. The summed E-state index contributed by atoms with van der Waals surface area (Å²) in [4.78, 5) is 18.9. The van der Waals surface area contributed by atoms with Crippen LogP contribution in [0.4, 0.5) is 39.4 Å². The lowest BCUT2D eigenvalue weighted by atomic mass is 10.1. The Morgan fingerprint density at radius 3 is 2.41 bits per heavy atom. The second-order valence-corrected chi connectivity index (χ2v) is 8.92. The third kappa shape index (κ3) is 4.38. The van der Waals surface area contributed by atoms with Gasteiger partial charge in [-0.15, -0.1) is 0 Å². The number of rotatable bonds is 3. The van der Waals surface area contributed by atoms with Crippen LogP contribution in [-0.2, 0) is 12.6 Å². The predicted octanol–water partition coefficient (Wildman–Crippen LogP) is 4.98. The maximum absolute atomic E-state index is 14.4. The molecule has 4 rings (SSSR count). The van der Waals surface area contributed by atoms with Crippen LogP contribution in [0.25, 0.3) is 0 Å². The number of hydrogen-bond donors (Lipinski definition) is 1. The average Bonchev–Trinajstić information content (AvgIpc) is 3.19. The fourth-order valence-electron chi connectivity index (χ4n) is 4.66. The van der Waals surface area contributed by atoms with E-state index in [-0.39, 0.29) is 0 Å². The predicted molar refractivity (Wildman–Crippen MR) is 123 cm³/mol. The first-order valence-electron chi connectivity index (χ1n) is 11.1. The number of alkyl halides is 3. The zero-order valence-corrected chi connectivity index (χ0v) is 19.5. The van der Waals surface area contributed by atoms with Gasteiger partial charge in [0.25, 0.3) is 0 Å². The molecule has 1 fully saturated rings. The lowest BCUT2D eigenvalue weighted by molar-refractivity contribution is -0.139. The monoisotopic (exact) mass is 480 g/mol. The summed E-state index contributed by atoms with van der Waals surface area (Å²) in [7, 11) is 3.69. The Morgan fingerprint density at radius 2 is 1.79 bits per heavy atom. The Hall–Kier alpha value is -3.01. The van der Waals surface area contributed by atoms with Crippen LogP contribution >= 0.6 is 0 Å². The first-order valence-corrected chi connectivity index (χ1v) is 11.1. The molecule has 0 aliphatic carbocycles. The highest BCUT2D eigenvalue weighted by Gasteiger charge is 2.36. The smallest absolute Gasteiger partial charge is 0.419 e. The highest BCUT2D eigenvalue weighted by Crippen LogP contribution is 2.41. The minimum Gasteiger partial charge on any atom is -0.495 e. The van der Waals surface area contributed by atoms with Crippen LogP contribution in [0.15, 0.2) is 30.3 Å². The van der Waals surface area contributed by atoms with E-state index in [9.17, 15) is 22.4 Å². The third-order valence-corrected chi connectivity index (χ3v) is 6.77. The van der Waals surface area contributed by atoms with E-state index in [1.807, 2.05) is 12.1 Å². The number of piperazine rings is 1. The number of ether oxygens (including phenoxy) is 1. The molecule has 6 nitrogen and oxygen atoms in total. The molecule has 0 saturated carbocycles. The first kappa shape index (κ1) is 24.1. The van der Waals surface area contributed by atoms with E-state index < -0.39 is 29.3 Å². The second-order valence-electron chi connectivity index (χ2n) is 8.92. The van der Waals surface area contributed by atoms with Gasteiger partial charge >= 0.3 is 12.2 Å². The molecule has 2 atom stereocenters. The summed E-state index contributed by atoms with van der Waals surface area (Å²) < 4.78 is 59.2. The number of nitrogens with one attached hydrogen (secondary N) is 1. The van der Waals surface area contributed by atoms with Gasteiger partial charge in [0.15, 0.2) is 5.82 Å². The van der Waals surface area contributed by atoms with E-state index in [2.05, 4.69) is 36.0 Å². The van der Waals surface area contributed by atoms with Crippen molar-refractivity contribution in [1.29, 1.82) is 0 Å². The van der Waals surface area contributed by atoms with Crippen LogP contribution in [0.5, 0.6) is 5.75 Å². The molecule has 34 heavy (non-hydrogen) atoms. The summed E-state index contributed by atoms with van der Waals surface area (Å²) in [6.45, 7) is 6.16. The number of benzene rings is 2. The van der Waals surface area contributed by atoms with Gasteiger partial charge in [-0.1, -0.05) is 6.07 Å². The molecule has 2 unspecified atom stereocenters. The van der Waals surface area contributed by atoms with Crippen molar-refractivity contribution in [2.75, 3.05) is 48.9 Å². The minimum atomic E-state index is -4.85. The summed E-state index contributed by atoms with van der Waals surface area (Å²) in [5, 5.41) is 2.31. The number of hydrogen-bond acceptors (Lipinski definition) is 4. The van der Waals surface area contributed by atoms with Crippen LogP contribution in [0.3, 0.4) is 0 Å². The van der Waals surface area contributed by atoms with Crippen LogP contribution in [0.1, 0.15) is 25.0 Å². The number of halogens is 4. The normalized spacial score (nSPS) is 20.9. The SMILES string of the molecule is COc1cc2c(cc1N1CC(C)N(C)C(C)C1)N(C(=O)Nc1cccc(C(F)(F)F)c1F)CC2. The van der Waals surface area contributed by atoms with E-state index in [1.54, 1.807) is 7.11 Å². The minimum absolute atomic E-state index is 0.310. The van der Waals surface area contributed by atoms with Gasteiger partial charge in [-0.2, -0.15) is 13.2 Å². The Kier molecular flexibility index (Phi) is 6.37. The Morgan fingerprint density at radius 1 is 1.12 bits per heavy atom. The molecule has 1 saturated heterocycles. The lowest BCUT2D eigenvalue weighted by Crippen LogP contribution is -2.55. The third-order valence-electron chi connectivity index (χ3n) is 6.77. The highest BCUT2D eigenvalue weighted by molar-refractivity contribution is 6.03. The van der Waals surface area contributed by atoms with Gasteiger partial charge < -0.3 is 15.0 Å². The zero-order chi connectivity index (χ0) is 24.8. The number of amides is 2. The number of urea groups is 1. The number of carbonyl (C=O) groups excluding carboxylic acids is 1. The molecule has 1 N–H and O–H groups in total. The molecule has 0 spiro atoms. The topological polar surface area (TPSA) is 48.1 Å². The molecule has 2 heterocycles. The molecule has 0 aromatic heterocycles. The van der Waals surface area contributed by atoms with Crippen molar-refractivity contribution in [2.45, 2.75) is 38.5 Å². The van der Waals surface area contributed by atoms with E-state index >= 15 is 0 Å². The summed E-state index contributed by atoms with van der Waals surface area (Å²) >= 11 is 0. The van der Waals surface area contributed by atoms with Crippen LogP contribution in [0.2, 0.25) is 0 Å². The second kappa shape index (κ2) is 8.98. The maximum Gasteiger partial charge on any atom is 0.419 e. The van der Waals surface area contributed by atoms with Gasteiger partial charge in [0.05, 0.1) is 29.7 Å². The maximum atomic E-state index is 14.4. The van der Waals surface area contributed by atoms with E-state index in [0.717, 1.165) is 36.5 Å². The summed E-state index contributed by atoms with van der Waals surface area (Å²) in [6.07, 6.45) is -4.30. The van der Waals surface area contributed by atoms with Crippen LogP contribution < -0.4 is 19.9 Å². The van der Waals surface area contributed by atoms with Crippen LogP contribution in [0, 0.1) is 5.82 Å². The van der Waals surface area contributed by atoms with Crippen molar-refractivity contribution in [3.05, 3.63) is 47.3 Å². The lowest BCUT2D eigenvalue weighted by Gasteiger charge is -2.44. The van der Waals surface area contributed by atoms with Crippen LogP contribution in [-0.4, -0.2) is 56.8 Å². The summed E-state index contributed by atoms with van der Waals surface area (Å²) in [5.74, 6) is -0.799. The van der Waals surface area contributed by atoms with Gasteiger partial charge in [-0.05, 0) is 57.1 Å². The van der Waals surface area contributed by atoms with Crippen molar-refractivity contribution < 1.29 is 27.1 Å². The number of anilines is 3. The first-order chi connectivity index (χ1) is 16.0. The van der Waals surface area contributed by atoms with Crippen molar-refractivity contribution >= 4 is 23.1 Å². The summed E-state index contributed by atoms with van der Waals surface area (Å²) in [6, 6.07) is 6.55. The molecular weight excluding hydrogens is 452 g/mol. The Balaban J connectivity index is 1.62. The molecule has 10 heteroatoms. The Labute approximate surface area is 196 Å².